The van der Waals surface area contributed by atoms with Crippen LogP contribution < -0.4 is 0 Å². The second-order valence-corrected chi connectivity index (χ2v) is 11.5. The van der Waals surface area contributed by atoms with E-state index in [0.717, 1.165) is 30.4 Å². The van der Waals surface area contributed by atoms with Gasteiger partial charge in [-0.05, 0) is 6.42 Å². The van der Waals surface area contributed by atoms with E-state index in [2.05, 4.69) is 21.0 Å². The zero-order valence-corrected chi connectivity index (χ0v) is 22.4. The summed E-state index contributed by atoms with van der Waals surface area (Å²) in [4.78, 5) is 0. The maximum Gasteiger partial charge on any atom is 0.332 e. The Kier molecular flexibility index (Phi) is 18.6. The summed E-state index contributed by atoms with van der Waals surface area (Å²) >= 11 is 0. The Balaban J connectivity index is 1.81. The van der Waals surface area contributed by atoms with Crippen molar-refractivity contribution in [3.05, 3.63) is 0 Å². The van der Waals surface area contributed by atoms with Gasteiger partial charge in [0, 0.05) is 20.0 Å². The molecule has 1 atom stereocenters. The molecule has 0 bridgehead atoms. The number of hydrogen-bond donors (Lipinski definition) is 0. The molecule has 0 N–H and O–H groups in total. The smallest absolute Gasteiger partial charge is 0.328 e. The number of likely N-dealkylation sites (tertiary alicyclic amines) is 1. The van der Waals surface area contributed by atoms with Crippen LogP contribution in [0.4, 0.5) is 0 Å². The fourth-order valence-corrected chi connectivity index (χ4v) is 5.37. The fourth-order valence-electron chi connectivity index (χ4n) is 4.39. The van der Waals surface area contributed by atoms with Gasteiger partial charge in [0.25, 0.3) is 0 Å². The van der Waals surface area contributed by atoms with Crippen LogP contribution in [0.5, 0.6) is 0 Å². The first-order valence-corrected chi connectivity index (χ1v) is 14.6. The molecule has 0 aromatic heterocycles. The zero-order chi connectivity index (χ0) is 22.6. The predicted octanol–water partition coefficient (Wildman–Crippen LogP) is 8.39. The normalized spacial score (nSPS) is 17.8. The van der Waals surface area contributed by atoms with Crippen molar-refractivity contribution < 1.29 is 18.1 Å². The van der Waals surface area contributed by atoms with E-state index in [1.165, 1.54) is 109 Å². The molecule has 1 unspecified atom stereocenters. The monoisotopic (exact) mass is 460 g/mol. The van der Waals surface area contributed by atoms with Crippen LogP contribution in [0.1, 0.15) is 122 Å². The van der Waals surface area contributed by atoms with Gasteiger partial charge in [-0.15, -0.1) is 0 Å². The summed E-state index contributed by atoms with van der Waals surface area (Å²) in [7, 11) is 5.14. The van der Waals surface area contributed by atoms with Crippen LogP contribution in [0.2, 0.25) is 0 Å². The minimum Gasteiger partial charge on any atom is -0.328 e. The van der Waals surface area contributed by atoms with Gasteiger partial charge in [0.2, 0.25) is 0 Å². The third-order valence-electron chi connectivity index (χ3n) is 6.69. The van der Waals surface area contributed by atoms with E-state index in [0.29, 0.717) is 6.10 Å². The summed E-state index contributed by atoms with van der Waals surface area (Å²) in [5.41, 5.74) is 0. The highest BCUT2D eigenvalue weighted by Crippen LogP contribution is 2.42. The SMILES string of the molecule is CCCCCCCCCCCCCCCCCCOP(OC)OC1CC[N+](C)(C)CC1. The maximum atomic E-state index is 6.07. The van der Waals surface area contributed by atoms with Gasteiger partial charge in [-0.3, -0.25) is 0 Å². The molecule has 31 heavy (non-hydrogen) atoms. The van der Waals surface area contributed by atoms with Gasteiger partial charge in [-0.25, -0.2) is 0 Å². The van der Waals surface area contributed by atoms with Gasteiger partial charge >= 0.3 is 8.60 Å². The lowest BCUT2D eigenvalue weighted by molar-refractivity contribution is -0.896. The van der Waals surface area contributed by atoms with Crippen molar-refractivity contribution in [1.29, 1.82) is 0 Å². The molecule has 1 fully saturated rings. The summed E-state index contributed by atoms with van der Waals surface area (Å²) in [5, 5.41) is 0. The van der Waals surface area contributed by atoms with E-state index in [9.17, 15) is 0 Å². The standard InChI is InChI=1S/C26H55NO3P/c1-5-6-7-8-9-10-11-12-13-14-15-16-17-18-19-20-25-29-31(28-4)30-26-21-23-27(2,3)24-22-26/h26H,5-25H2,1-4H3/q+1. The second kappa shape index (κ2) is 19.7. The van der Waals surface area contributed by atoms with Gasteiger partial charge in [0.15, 0.2) is 0 Å². The largest absolute Gasteiger partial charge is 0.332 e. The van der Waals surface area contributed by atoms with Crippen LogP contribution >= 0.6 is 8.60 Å². The molecule has 4 nitrogen and oxygen atoms in total. The predicted molar refractivity (Wildman–Crippen MR) is 135 cm³/mol. The highest BCUT2D eigenvalue weighted by atomic mass is 31.2. The zero-order valence-electron chi connectivity index (χ0n) is 21.5. The Morgan fingerprint density at radius 2 is 1.10 bits per heavy atom. The first-order valence-electron chi connectivity index (χ1n) is 13.5. The van der Waals surface area contributed by atoms with E-state index in [-0.39, 0.29) is 0 Å². The van der Waals surface area contributed by atoms with Gasteiger partial charge in [-0.1, -0.05) is 103 Å². The van der Waals surface area contributed by atoms with Crippen LogP contribution in [-0.2, 0) is 13.6 Å². The third-order valence-corrected chi connectivity index (χ3v) is 7.85. The first-order chi connectivity index (χ1) is 15.1. The van der Waals surface area contributed by atoms with Gasteiger partial charge < -0.3 is 18.1 Å². The van der Waals surface area contributed by atoms with Crippen molar-refractivity contribution in [3.8, 4) is 0 Å². The number of unbranched alkanes of at least 4 members (excludes halogenated alkanes) is 15. The molecule has 1 heterocycles. The molecule has 1 aliphatic heterocycles. The van der Waals surface area contributed by atoms with Gasteiger partial charge in [0.05, 0.1) is 39.9 Å². The van der Waals surface area contributed by atoms with Crippen molar-refractivity contribution >= 4 is 8.60 Å². The molecule has 0 saturated carbocycles. The van der Waals surface area contributed by atoms with Gasteiger partial charge in [0.1, 0.15) is 0 Å². The average molecular weight is 461 g/mol. The maximum absolute atomic E-state index is 6.07. The second-order valence-electron chi connectivity index (χ2n) is 10.2. The van der Waals surface area contributed by atoms with E-state index in [4.69, 9.17) is 13.6 Å². The molecule has 0 amide bonds. The minimum atomic E-state index is -1.16. The molecule has 1 aliphatic rings. The fraction of sp³-hybridized carbons (Fsp3) is 1.00. The van der Waals surface area contributed by atoms with E-state index >= 15 is 0 Å². The van der Waals surface area contributed by atoms with Crippen molar-refractivity contribution in [2.24, 2.45) is 0 Å². The molecule has 1 saturated heterocycles. The van der Waals surface area contributed by atoms with E-state index in [1.54, 1.807) is 7.11 Å². The number of piperidine rings is 1. The van der Waals surface area contributed by atoms with Crippen molar-refractivity contribution in [1.82, 2.24) is 0 Å². The lowest BCUT2D eigenvalue weighted by Gasteiger charge is -2.37. The summed E-state index contributed by atoms with van der Waals surface area (Å²) in [6.07, 6.45) is 24.8. The van der Waals surface area contributed by atoms with Crippen LogP contribution in [0.3, 0.4) is 0 Å². The van der Waals surface area contributed by atoms with Crippen LogP contribution in [0.15, 0.2) is 0 Å². The Bertz CT molecular complexity index is 385. The van der Waals surface area contributed by atoms with Gasteiger partial charge in [-0.2, -0.15) is 0 Å². The molecular weight excluding hydrogens is 405 g/mol. The van der Waals surface area contributed by atoms with Crippen molar-refractivity contribution in [3.63, 3.8) is 0 Å². The first kappa shape index (κ1) is 29.3. The summed E-state index contributed by atoms with van der Waals surface area (Å²) in [6, 6.07) is 0. The van der Waals surface area contributed by atoms with E-state index in [1.807, 2.05) is 0 Å². The molecule has 0 radical (unpaired) electrons. The number of rotatable bonds is 21. The van der Waals surface area contributed by atoms with Crippen LogP contribution in [0, 0.1) is 0 Å². The highest BCUT2D eigenvalue weighted by molar-refractivity contribution is 7.41. The number of nitrogens with zero attached hydrogens (tertiary/aromatic N) is 1. The molecule has 0 spiro atoms. The summed E-state index contributed by atoms with van der Waals surface area (Å²) < 4.78 is 18.5. The lowest BCUT2D eigenvalue weighted by atomic mass is 10.0. The highest BCUT2D eigenvalue weighted by Gasteiger charge is 2.29. The molecule has 1 rings (SSSR count). The quantitative estimate of drug-likeness (QED) is 0.0977. The number of quaternary nitrogens is 1. The topological polar surface area (TPSA) is 27.7 Å². The third kappa shape index (κ3) is 17.4. The minimum absolute atomic E-state index is 0.308. The number of hydrogen-bond acceptors (Lipinski definition) is 3. The molecule has 186 valence electrons. The molecular formula is C26H55NO3P+. The molecule has 5 heteroatoms. The van der Waals surface area contributed by atoms with Crippen LogP contribution in [-0.4, -0.2) is 51.5 Å². The average Bonchev–Trinajstić information content (AvgIpc) is 2.76. The van der Waals surface area contributed by atoms with Crippen LogP contribution in [0.25, 0.3) is 0 Å². The Morgan fingerprint density at radius 1 is 0.677 bits per heavy atom. The van der Waals surface area contributed by atoms with Crippen molar-refractivity contribution in [2.75, 3.05) is 40.9 Å². The Morgan fingerprint density at radius 3 is 1.52 bits per heavy atom. The molecule has 0 aromatic carbocycles. The molecule has 0 aliphatic carbocycles. The summed E-state index contributed by atoms with van der Waals surface area (Å²) in [5.74, 6) is 0. The van der Waals surface area contributed by atoms with E-state index < -0.39 is 8.60 Å². The molecule has 0 aromatic rings. The Labute approximate surface area is 196 Å². The Hall–Kier alpha value is 0.270. The van der Waals surface area contributed by atoms with Crippen molar-refractivity contribution in [2.45, 2.75) is 129 Å². The lowest BCUT2D eigenvalue weighted by Crippen LogP contribution is -2.47. The summed E-state index contributed by atoms with van der Waals surface area (Å²) in [6.45, 7) is 5.42.